The van der Waals surface area contributed by atoms with Crippen molar-refractivity contribution in [3.8, 4) is 5.75 Å². The highest BCUT2D eigenvalue weighted by Crippen LogP contribution is 2.27. The van der Waals surface area contributed by atoms with Gasteiger partial charge in [0.2, 0.25) is 0 Å². The van der Waals surface area contributed by atoms with Crippen molar-refractivity contribution in [1.82, 2.24) is 4.98 Å². The first kappa shape index (κ1) is 19.7. The van der Waals surface area contributed by atoms with Crippen LogP contribution < -0.4 is 14.4 Å². The van der Waals surface area contributed by atoms with Crippen molar-refractivity contribution in [2.45, 2.75) is 17.4 Å². The molecule has 3 aromatic rings. The van der Waals surface area contributed by atoms with Crippen molar-refractivity contribution in [3.63, 3.8) is 0 Å². The van der Waals surface area contributed by atoms with E-state index >= 15 is 0 Å². The number of nitrogens with zero attached hydrogens (tertiary/aromatic N) is 2. The molecule has 1 amide bonds. The number of ether oxygens (including phenoxy) is 1. The fraction of sp³-hybridized carbons (Fsp3) is 0.158. The van der Waals surface area contributed by atoms with Crippen LogP contribution in [0.25, 0.3) is 0 Å². The Morgan fingerprint density at radius 2 is 2.00 bits per heavy atom. The minimum atomic E-state index is -3.74. The average Bonchev–Trinajstić information content (AvgIpc) is 3.32. The maximum absolute atomic E-state index is 12.7. The van der Waals surface area contributed by atoms with Gasteiger partial charge < -0.3 is 9.64 Å². The van der Waals surface area contributed by atoms with Gasteiger partial charge in [-0.05, 0) is 42.5 Å². The van der Waals surface area contributed by atoms with E-state index < -0.39 is 16.1 Å². The summed E-state index contributed by atoms with van der Waals surface area (Å²) in [5.41, 5.74) is 0.611. The summed E-state index contributed by atoms with van der Waals surface area (Å²) in [6.07, 6.45) is 1.44. The number of halogens is 1. The predicted molar refractivity (Wildman–Crippen MR) is 112 cm³/mol. The molecule has 10 heteroatoms. The molecule has 0 bridgehead atoms. The second-order valence-electron chi connectivity index (χ2n) is 6.28. The van der Waals surface area contributed by atoms with E-state index in [-0.39, 0.29) is 10.8 Å². The number of sulfonamides is 1. The number of carbonyl (C=O) groups is 1. The number of rotatable bonds is 6. The van der Waals surface area contributed by atoms with Gasteiger partial charge >= 0.3 is 0 Å². The molecule has 29 heavy (non-hydrogen) atoms. The van der Waals surface area contributed by atoms with Crippen LogP contribution in [0.4, 0.5) is 10.8 Å². The Morgan fingerprint density at radius 1 is 1.21 bits per heavy atom. The van der Waals surface area contributed by atoms with E-state index in [4.69, 9.17) is 16.3 Å². The highest BCUT2D eigenvalue weighted by atomic mass is 35.5. The van der Waals surface area contributed by atoms with Crippen LogP contribution in [0.1, 0.15) is 6.42 Å². The molecule has 1 aliphatic rings. The van der Waals surface area contributed by atoms with Gasteiger partial charge in [0.25, 0.3) is 15.9 Å². The molecule has 1 N–H and O–H groups in total. The molecule has 1 aromatic heterocycles. The lowest BCUT2D eigenvalue weighted by atomic mass is 10.3. The largest absolute Gasteiger partial charge is 0.480 e. The number of aromatic nitrogens is 1. The third-order valence-corrected chi connectivity index (χ3v) is 6.75. The number of hydrogen-bond acceptors (Lipinski definition) is 6. The molecule has 7 nitrogen and oxygen atoms in total. The van der Waals surface area contributed by atoms with Crippen LogP contribution >= 0.6 is 22.9 Å². The third kappa shape index (κ3) is 4.36. The summed E-state index contributed by atoms with van der Waals surface area (Å²) in [5.74, 6) is 0.355. The van der Waals surface area contributed by atoms with Gasteiger partial charge in [-0.1, -0.05) is 17.7 Å². The van der Waals surface area contributed by atoms with Gasteiger partial charge in [0.15, 0.2) is 11.2 Å². The molecule has 150 valence electrons. The third-order valence-electron chi connectivity index (χ3n) is 4.34. The number of benzene rings is 2. The van der Waals surface area contributed by atoms with E-state index in [1.165, 1.54) is 29.7 Å². The van der Waals surface area contributed by atoms with Crippen LogP contribution in [-0.2, 0) is 14.8 Å². The van der Waals surface area contributed by atoms with Crippen molar-refractivity contribution in [2.75, 3.05) is 16.2 Å². The molecule has 0 radical (unpaired) electrons. The number of carbonyl (C=O) groups excluding carboxylic acids is 1. The number of anilines is 2. The summed E-state index contributed by atoms with van der Waals surface area (Å²) in [6, 6.07) is 13.0. The first-order valence-electron chi connectivity index (χ1n) is 8.68. The van der Waals surface area contributed by atoms with E-state index in [1.54, 1.807) is 46.7 Å². The Bertz CT molecular complexity index is 1120. The van der Waals surface area contributed by atoms with E-state index in [9.17, 15) is 13.2 Å². The van der Waals surface area contributed by atoms with Crippen LogP contribution in [0.2, 0.25) is 5.02 Å². The van der Waals surface area contributed by atoms with Crippen molar-refractivity contribution < 1.29 is 17.9 Å². The number of hydrogen-bond donors (Lipinski definition) is 1. The Hall–Kier alpha value is -2.62. The van der Waals surface area contributed by atoms with Crippen LogP contribution in [0.5, 0.6) is 5.75 Å². The van der Waals surface area contributed by atoms with Gasteiger partial charge in [0.1, 0.15) is 5.75 Å². The summed E-state index contributed by atoms with van der Waals surface area (Å²) < 4.78 is 33.0. The Morgan fingerprint density at radius 3 is 2.69 bits per heavy atom. The zero-order chi connectivity index (χ0) is 20.4. The smallest absolute Gasteiger partial charge is 0.268 e. The Kier molecular flexibility index (Phi) is 5.44. The Balaban J connectivity index is 1.46. The minimum absolute atomic E-state index is 0.0924. The summed E-state index contributed by atoms with van der Waals surface area (Å²) >= 11 is 7.15. The molecule has 1 saturated heterocycles. The van der Waals surface area contributed by atoms with Crippen molar-refractivity contribution in [1.29, 1.82) is 0 Å². The highest BCUT2D eigenvalue weighted by Gasteiger charge is 2.34. The van der Waals surface area contributed by atoms with E-state index in [2.05, 4.69) is 9.71 Å². The first-order chi connectivity index (χ1) is 13.9. The molecule has 0 spiro atoms. The first-order valence-corrected chi connectivity index (χ1v) is 11.4. The molecular formula is C19H16ClN3O4S2. The summed E-state index contributed by atoms with van der Waals surface area (Å²) in [5, 5.41) is 2.51. The fourth-order valence-electron chi connectivity index (χ4n) is 2.98. The van der Waals surface area contributed by atoms with E-state index in [1.807, 2.05) is 0 Å². The number of nitrogens with one attached hydrogen (secondary N) is 1. The van der Waals surface area contributed by atoms with Gasteiger partial charge in [0.05, 0.1) is 4.90 Å². The van der Waals surface area contributed by atoms with Gasteiger partial charge in [-0.2, -0.15) is 0 Å². The quantitative estimate of drug-likeness (QED) is 0.618. The maximum Gasteiger partial charge on any atom is 0.268 e. The summed E-state index contributed by atoms with van der Waals surface area (Å²) in [6.45, 7) is 0.480. The second-order valence-corrected chi connectivity index (χ2v) is 9.29. The summed E-state index contributed by atoms with van der Waals surface area (Å²) in [4.78, 5) is 18.3. The van der Waals surface area contributed by atoms with Gasteiger partial charge in [0, 0.05) is 35.3 Å². The molecular weight excluding hydrogens is 434 g/mol. The predicted octanol–water partition coefficient (Wildman–Crippen LogP) is 3.78. The molecule has 4 rings (SSSR count). The number of thiazole rings is 1. The highest BCUT2D eigenvalue weighted by molar-refractivity contribution is 7.93. The monoisotopic (exact) mass is 449 g/mol. The molecule has 1 atom stereocenters. The van der Waals surface area contributed by atoms with Crippen LogP contribution in [0.15, 0.2) is 65.0 Å². The SMILES string of the molecule is O=C1C(Oc2cccc(Cl)c2)CCN1c1ccc(S(=O)(=O)Nc2nccs2)cc1. The number of amides is 1. The average molecular weight is 450 g/mol. The maximum atomic E-state index is 12.7. The minimum Gasteiger partial charge on any atom is -0.480 e. The lowest BCUT2D eigenvalue weighted by Gasteiger charge is -2.18. The van der Waals surface area contributed by atoms with E-state index in [0.717, 1.165) is 0 Å². The molecule has 0 saturated carbocycles. The van der Waals surface area contributed by atoms with Crippen LogP contribution in [0.3, 0.4) is 0 Å². The molecule has 1 unspecified atom stereocenters. The van der Waals surface area contributed by atoms with Crippen LogP contribution in [0, 0.1) is 0 Å². The molecule has 2 aromatic carbocycles. The lowest BCUT2D eigenvalue weighted by Crippen LogP contribution is -2.32. The zero-order valence-corrected chi connectivity index (χ0v) is 17.4. The standard InChI is InChI=1S/C19H16ClN3O4S2/c20-13-2-1-3-15(12-13)27-17-8-10-23(18(17)24)14-4-6-16(7-5-14)29(25,26)22-19-21-9-11-28-19/h1-7,9,11-12,17H,8,10H2,(H,21,22). The van der Waals surface area contributed by atoms with Crippen molar-refractivity contribution >= 4 is 49.7 Å². The normalized spacial score (nSPS) is 16.8. The molecule has 0 aliphatic carbocycles. The zero-order valence-electron chi connectivity index (χ0n) is 15.0. The van der Waals surface area contributed by atoms with E-state index in [0.29, 0.717) is 34.6 Å². The molecule has 2 heterocycles. The van der Waals surface area contributed by atoms with Crippen LogP contribution in [-0.4, -0.2) is 32.0 Å². The van der Waals surface area contributed by atoms with Crippen molar-refractivity contribution in [2.24, 2.45) is 0 Å². The molecule has 1 fully saturated rings. The Labute approximate surface area is 177 Å². The summed E-state index contributed by atoms with van der Waals surface area (Å²) in [7, 11) is -3.74. The van der Waals surface area contributed by atoms with Gasteiger partial charge in [-0.15, -0.1) is 11.3 Å². The second kappa shape index (κ2) is 8.02. The lowest BCUT2D eigenvalue weighted by molar-refractivity contribution is -0.122. The fourth-order valence-corrected chi connectivity index (χ4v) is 4.95. The topological polar surface area (TPSA) is 88.6 Å². The van der Waals surface area contributed by atoms with Gasteiger partial charge in [-0.3, -0.25) is 9.52 Å². The van der Waals surface area contributed by atoms with Crippen molar-refractivity contribution in [3.05, 3.63) is 65.1 Å². The van der Waals surface area contributed by atoms with Gasteiger partial charge in [-0.25, -0.2) is 13.4 Å². The molecule has 1 aliphatic heterocycles.